The van der Waals surface area contributed by atoms with E-state index >= 15 is 0 Å². The Morgan fingerprint density at radius 1 is 0.826 bits per heavy atom. The van der Waals surface area contributed by atoms with E-state index in [1.807, 2.05) is 37.3 Å². The first-order chi connectivity index (χ1) is 11.2. The minimum absolute atomic E-state index is 0.777. The number of aromatic nitrogens is 2. The first-order valence-corrected chi connectivity index (χ1v) is 8.19. The molecule has 0 amide bonds. The Morgan fingerprint density at radius 3 is 2.26 bits per heavy atom. The molecule has 0 saturated carbocycles. The third kappa shape index (κ3) is 2.66. The Hall–Kier alpha value is -2.46. The number of hydrogen-bond acceptors (Lipinski definition) is 3. The van der Waals surface area contributed by atoms with Gasteiger partial charge in [-0.05, 0) is 45.8 Å². The van der Waals surface area contributed by atoms with Gasteiger partial charge in [-0.25, -0.2) is 9.97 Å². The van der Waals surface area contributed by atoms with Crippen LogP contribution in [0.25, 0.3) is 21.5 Å². The van der Waals surface area contributed by atoms with Crippen molar-refractivity contribution in [1.82, 2.24) is 9.97 Å². The van der Waals surface area contributed by atoms with Gasteiger partial charge in [0, 0.05) is 16.5 Å². The number of anilines is 2. The summed E-state index contributed by atoms with van der Waals surface area (Å²) in [5, 5.41) is 7.86. The lowest BCUT2D eigenvalue weighted by atomic mass is 10.1. The first-order valence-electron chi connectivity index (χ1n) is 7.39. The second-order valence-electron chi connectivity index (χ2n) is 5.48. The SMILES string of the molecule is Cc1cc2ccccc2c(Nc2cc3ccccc3c(Br)n2)n1. The molecule has 0 bridgehead atoms. The van der Waals surface area contributed by atoms with Gasteiger partial charge in [0.15, 0.2) is 0 Å². The molecule has 4 heteroatoms. The topological polar surface area (TPSA) is 37.8 Å². The van der Waals surface area contributed by atoms with E-state index in [4.69, 9.17) is 0 Å². The van der Waals surface area contributed by atoms with Crippen molar-refractivity contribution in [3.05, 3.63) is 71.0 Å². The van der Waals surface area contributed by atoms with Crippen molar-refractivity contribution in [1.29, 1.82) is 0 Å². The molecule has 0 radical (unpaired) electrons. The molecule has 0 aliphatic rings. The molecule has 4 aromatic rings. The van der Waals surface area contributed by atoms with E-state index in [0.29, 0.717) is 0 Å². The summed E-state index contributed by atoms with van der Waals surface area (Å²) in [6.07, 6.45) is 0. The highest BCUT2D eigenvalue weighted by molar-refractivity contribution is 9.10. The number of rotatable bonds is 2. The predicted octanol–water partition coefficient (Wildman–Crippen LogP) is 5.60. The molecule has 0 unspecified atom stereocenters. The molecule has 3 nitrogen and oxygen atoms in total. The van der Waals surface area contributed by atoms with Crippen molar-refractivity contribution in [2.45, 2.75) is 6.92 Å². The molecule has 0 fully saturated rings. The molecular formula is C19H14BrN3. The van der Waals surface area contributed by atoms with Crippen LogP contribution < -0.4 is 5.32 Å². The summed E-state index contributed by atoms with van der Waals surface area (Å²) in [6.45, 7) is 2.00. The van der Waals surface area contributed by atoms with E-state index in [1.165, 1.54) is 5.39 Å². The summed E-state index contributed by atoms with van der Waals surface area (Å²) >= 11 is 3.55. The summed E-state index contributed by atoms with van der Waals surface area (Å²) in [5.41, 5.74) is 0.978. The third-order valence-electron chi connectivity index (χ3n) is 3.81. The van der Waals surface area contributed by atoms with Crippen LogP contribution in [0.2, 0.25) is 0 Å². The quantitative estimate of drug-likeness (QED) is 0.471. The maximum Gasteiger partial charge on any atom is 0.139 e. The number of halogens is 1. The third-order valence-corrected chi connectivity index (χ3v) is 4.41. The van der Waals surface area contributed by atoms with Gasteiger partial charge in [-0.3, -0.25) is 0 Å². The van der Waals surface area contributed by atoms with Crippen molar-refractivity contribution < 1.29 is 0 Å². The Bertz CT molecular complexity index is 1030. The van der Waals surface area contributed by atoms with Crippen LogP contribution in [-0.2, 0) is 0 Å². The Morgan fingerprint density at radius 2 is 1.48 bits per heavy atom. The van der Waals surface area contributed by atoms with E-state index in [9.17, 15) is 0 Å². The fraction of sp³-hybridized carbons (Fsp3) is 0.0526. The number of nitrogens with one attached hydrogen (secondary N) is 1. The van der Waals surface area contributed by atoms with Gasteiger partial charge in [-0.15, -0.1) is 0 Å². The van der Waals surface area contributed by atoms with Crippen molar-refractivity contribution >= 4 is 49.1 Å². The summed E-state index contributed by atoms with van der Waals surface area (Å²) in [7, 11) is 0. The Kier molecular flexibility index (Phi) is 3.46. The van der Waals surface area contributed by atoms with Crippen LogP contribution in [0.5, 0.6) is 0 Å². The molecule has 2 aromatic heterocycles. The first kappa shape index (κ1) is 14.2. The molecule has 0 aliphatic carbocycles. The lowest BCUT2D eigenvalue weighted by Crippen LogP contribution is -1.99. The zero-order valence-corrected chi connectivity index (χ0v) is 14.1. The highest BCUT2D eigenvalue weighted by Crippen LogP contribution is 2.29. The largest absolute Gasteiger partial charge is 0.324 e. The van der Waals surface area contributed by atoms with Crippen molar-refractivity contribution in [3.8, 4) is 0 Å². The predicted molar refractivity (Wildman–Crippen MR) is 99.2 cm³/mol. The molecule has 0 saturated heterocycles. The Labute approximate surface area is 142 Å². The van der Waals surface area contributed by atoms with Crippen molar-refractivity contribution in [3.63, 3.8) is 0 Å². The number of nitrogens with zero attached hydrogens (tertiary/aromatic N) is 2. The monoisotopic (exact) mass is 363 g/mol. The van der Waals surface area contributed by atoms with Gasteiger partial charge in [0.1, 0.15) is 16.2 Å². The molecule has 112 valence electrons. The van der Waals surface area contributed by atoms with E-state index in [-0.39, 0.29) is 0 Å². The smallest absolute Gasteiger partial charge is 0.139 e. The standard InChI is InChI=1S/C19H14BrN3/c1-12-10-13-6-3-5-9-16(13)19(21-12)23-17-11-14-7-2-4-8-15(14)18(20)22-17/h2-11H,1H3,(H,21,22,23). The van der Waals surface area contributed by atoms with Crippen LogP contribution in [-0.4, -0.2) is 9.97 Å². The van der Waals surface area contributed by atoms with Gasteiger partial charge in [0.25, 0.3) is 0 Å². The van der Waals surface area contributed by atoms with Crippen LogP contribution >= 0.6 is 15.9 Å². The number of benzene rings is 2. The molecule has 23 heavy (non-hydrogen) atoms. The fourth-order valence-corrected chi connectivity index (χ4v) is 3.32. The highest BCUT2D eigenvalue weighted by Gasteiger charge is 2.07. The van der Waals surface area contributed by atoms with Crippen molar-refractivity contribution in [2.24, 2.45) is 0 Å². The van der Waals surface area contributed by atoms with E-state index in [1.54, 1.807) is 0 Å². The average Bonchev–Trinajstić information content (AvgIpc) is 2.55. The van der Waals surface area contributed by atoms with Crippen LogP contribution in [0.15, 0.2) is 65.3 Å². The number of pyridine rings is 2. The summed E-state index contributed by atoms with van der Waals surface area (Å²) < 4.78 is 0.829. The number of fused-ring (bicyclic) bond motifs is 2. The van der Waals surface area contributed by atoms with E-state index in [2.05, 4.69) is 61.5 Å². The zero-order chi connectivity index (χ0) is 15.8. The van der Waals surface area contributed by atoms with Gasteiger partial charge in [-0.2, -0.15) is 0 Å². The van der Waals surface area contributed by atoms with Crippen LogP contribution in [0.3, 0.4) is 0 Å². The molecule has 2 heterocycles. The normalized spacial score (nSPS) is 11.0. The van der Waals surface area contributed by atoms with Crippen LogP contribution in [0.4, 0.5) is 11.6 Å². The van der Waals surface area contributed by atoms with E-state index < -0.39 is 0 Å². The maximum atomic E-state index is 4.64. The number of aryl methyl sites for hydroxylation is 1. The van der Waals surface area contributed by atoms with Gasteiger partial charge in [0.2, 0.25) is 0 Å². The molecular weight excluding hydrogens is 350 g/mol. The van der Waals surface area contributed by atoms with Gasteiger partial charge in [-0.1, -0.05) is 48.5 Å². The molecule has 0 spiro atoms. The average molecular weight is 364 g/mol. The molecule has 1 N–H and O–H groups in total. The summed E-state index contributed by atoms with van der Waals surface area (Å²) in [4.78, 5) is 9.24. The Balaban J connectivity index is 1.85. The summed E-state index contributed by atoms with van der Waals surface area (Å²) in [6, 6.07) is 20.5. The second-order valence-corrected chi connectivity index (χ2v) is 6.23. The second kappa shape index (κ2) is 5.63. The molecule has 0 aliphatic heterocycles. The van der Waals surface area contributed by atoms with Crippen molar-refractivity contribution in [2.75, 3.05) is 5.32 Å². The van der Waals surface area contributed by atoms with Gasteiger partial charge in [0.05, 0.1) is 0 Å². The van der Waals surface area contributed by atoms with Crippen LogP contribution in [0, 0.1) is 6.92 Å². The minimum Gasteiger partial charge on any atom is -0.324 e. The molecule has 2 aromatic carbocycles. The maximum absolute atomic E-state index is 4.64. The van der Waals surface area contributed by atoms with E-state index in [0.717, 1.165) is 38.1 Å². The van der Waals surface area contributed by atoms with Gasteiger partial charge < -0.3 is 5.32 Å². The summed E-state index contributed by atoms with van der Waals surface area (Å²) in [5.74, 6) is 1.61. The van der Waals surface area contributed by atoms with Crippen LogP contribution in [0.1, 0.15) is 5.69 Å². The lowest BCUT2D eigenvalue weighted by molar-refractivity contribution is 1.20. The van der Waals surface area contributed by atoms with Gasteiger partial charge >= 0.3 is 0 Å². The molecule has 0 atom stereocenters. The number of hydrogen-bond donors (Lipinski definition) is 1. The minimum atomic E-state index is 0.777. The lowest BCUT2D eigenvalue weighted by Gasteiger charge is -2.11. The molecule has 4 rings (SSSR count). The fourth-order valence-electron chi connectivity index (χ4n) is 2.77. The highest BCUT2D eigenvalue weighted by atomic mass is 79.9. The zero-order valence-electron chi connectivity index (χ0n) is 12.5.